The number of hydrogen-bond donors (Lipinski definition) is 1. The van der Waals surface area contributed by atoms with E-state index in [1.807, 2.05) is 12.1 Å². The summed E-state index contributed by atoms with van der Waals surface area (Å²) in [4.78, 5) is 2.79. The zero-order valence-corrected chi connectivity index (χ0v) is 16.9. The predicted molar refractivity (Wildman–Crippen MR) is 110 cm³/mol. The molecule has 2 aromatic carbocycles. The lowest BCUT2D eigenvalue weighted by atomic mass is 9.82. The third-order valence-electron chi connectivity index (χ3n) is 6.17. The molecule has 0 aromatic heterocycles. The smallest absolute Gasteiger partial charge is 0.175 e. The van der Waals surface area contributed by atoms with Gasteiger partial charge in [0.1, 0.15) is 0 Å². The SMILES string of the molecule is CN1CCC(C2Cc3ccc(Nc4ccc(S(C)(=O)=O)cc4)cc3C2)CC1. The first kappa shape index (κ1) is 18.5. The van der Waals surface area contributed by atoms with Crippen molar-refractivity contribution in [1.82, 2.24) is 4.90 Å². The van der Waals surface area contributed by atoms with Crippen LogP contribution in [0.4, 0.5) is 11.4 Å². The Balaban J connectivity index is 1.43. The fraction of sp³-hybridized carbons (Fsp3) is 0.455. The van der Waals surface area contributed by atoms with Crippen LogP contribution in [0.2, 0.25) is 0 Å². The van der Waals surface area contributed by atoms with Gasteiger partial charge in [-0.2, -0.15) is 0 Å². The lowest BCUT2D eigenvalue weighted by molar-refractivity contribution is 0.174. The molecule has 2 aromatic rings. The fourth-order valence-corrected chi connectivity index (χ4v) is 5.15. The maximum Gasteiger partial charge on any atom is 0.175 e. The Morgan fingerprint density at radius 3 is 2.19 bits per heavy atom. The van der Waals surface area contributed by atoms with E-state index in [2.05, 4.69) is 35.5 Å². The highest BCUT2D eigenvalue weighted by molar-refractivity contribution is 7.90. The van der Waals surface area contributed by atoms with Crippen LogP contribution in [0.1, 0.15) is 24.0 Å². The van der Waals surface area contributed by atoms with Gasteiger partial charge in [0.15, 0.2) is 9.84 Å². The van der Waals surface area contributed by atoms with Gasteiger partial charge < -0.3 is 10.2 Å². The van der Waals surface area contributed by atoms with Crippen LogP contribution in [0.5, 0.6) is 0 Å². The maximum atomic E-state index is 11.6. The van der Waals surface area contributed by atoms with Gasteiger partial charge in [-0.05, 0) is 105 Å². The molecule has 4 nitrogen and oxygen atoms in total. The van der Waals surface area contributed by atoms with Gasteiger partial charge in [-0.3, -0.25) is 0 Å². The van der Waals surface area contributed by atoms with Crippen LogP contribution in [0.25, 0.3) is 0 Å². The summed E-state index contributed by atoms with van der Waals surface area (Å²) in [6, 6.07) is 13.6. The molecule has 1 fully saturated rings. The monoisotopic (exact) mass is 384 g/mol. The standard InChI is InChI=1S/C22H28N2O2S/c1-24-11-9-16(10-12-24)18-13-17-3-4-21(15-19(17)14-18)23-20-5-7-22(8-6-20)27(2,25)26/h3-8,15-16,18,23H,9-14H2,1-2H3. The Bertz CT molecular complexity index is 914. The van der Waals surface area contributed by atoms with Crippen LogP contribution in [0.3, 0.4) is 0 Å². The van der Waals surface area contributed by atoms with Crippen molar-refractivity contribution in [2.24, 2.45) is 11.8 Å². The fourth-order valence-electron chi connectivity index (χ4n) is 4.52. The first-order chi connectivity index (χ1) is 12.9. The van der Waals surface area contributed by atoms with Crippen molar-refractivity contribution in [1.29, 1.82) is 0 Å². The van der Waals surface area contributed by atoms with Gasteiger partial charge in [-0.1, -0.05) is 6.07 Å². The van der Waals surface area contributed by atoms with Crippen LogP contribution in [-0.4, -0.2) is 39.7 Å². The van der Waals surface area contributed by atoms with Crippen molar-refractivity contribution in [3.05, 3.63) is 53.6 Å². The summed E-state index contributed by atoms with van der Waals surface area (Å²) < 4.78 is 23.2. The third kappa shape index (κ3) is 4.19. The molecular weight excluding hydrogens is 356 g/mol. The number of fused-ring (bicyclic) bond motifs is 1. The van der Waals surface area contributed by atoms with Crippen molar-refractivity contribution < 1.29 is 8.42 Å². The van der Waals surface area contributed by atoms with E-state index in [1.165, 1.54) is 56.2 Å². The molecule has 1 aliphatic heterocycles. The average molecular weight is 385 g/mol. The molecule has 0 radical (unpaired) electrons. The van der Waals surface area contributed by atoms with E-state index in [1.54, 1.807) is 12.1 Å². The van der Waals surface area contributed by atoms with Gasteiger partial charge in [0.05, 0.1) is 4.90 Å². The summed E-state index contributed by atoms with van der Waals surface area (Å²) >= 11 is 0. The molecule has 0 spiro atoms. The van der Waals surface area contributed by atoms with Crippen molar-refractivity contribution in [2.45, 2.75) is 30.6 Å². The molecule has 0 saturated carbocycles. The Morgan fingerprint density at radius 1 is 0.889 bits per heavy atom. The summed E-state index contributed by atoms with van der Waals surface area (Å²) in [5.74, 6) is 1.64. The molecule has 0 amide bonds. The number of anilines is 2. The normalized spacial score (nSPS) is 21.2. The van der Waals surface area contributed by atoms with E-state index >= 15 is 0 Å². The molecule has 1 heterocycles. The minimum atomic E-state index is -3.15. The lowest BCUT2D eigenvalue weighted by Gasteiger charge is -2.32. The van der Waals surface area contributed by atoms with E-state index in [9.17, 15) is 8.42 Å². The number of sulfone groups is 1. The molecule has 144 valence electrons. The van der Waals surface area contributed by atoms with E-state index in [0.29, 0.717) is 4.90 Å². The number of benzene rings is 2. The molecule has 1 atom stereocenters. The first-order valence-electron chi connectivity index (χ1n) is 9.76. The first-order valence-corrected chi connectivity index (χ1v) is 11.6. The predicted octanol–water partition coefficient (Wildman–Crippen LogP) is 3.89. The highest BCUT2D eigenvalue weighted by Gasteiger charge is 2.30. The Kier molecular flexibility index (Phi) is 4.99. The zero-order chi connectivity index (χ0) is 19.0. The van der Waals surface area contributed by atoms with Crippen molar-refractivity contribution >= 4 is 21.2 Å². The van der Waals surface area contributed by atoms with Gasteiger partial charge in [-0.15, -0.1) is 0 Å². The van der Waals surface area contributed by atoms with E-state index < -0.39 is 9.84 Å². The molecule has 4 rings (SSSR count). The largest absolute Gasteiger partial charge is 0.356 e. The van der Waals surface area contributed by atoms with Crippen LogP contribution in [0, 0.1) is 11.8 Å². The number of hydrogen-bond acceptors (Lipinski definition) is 4. The average Bonchev–Trinajstić information content (AvgIpc) is 3.05. The van der Waals surface area contributed by atoms with Gasteiger partial charge in [0.2, 0.25) is 0 Å². The number of nitrogens with one attached hydrogen (secondary N) is 1. The third-order valence-corrected chi connectivity index (χ3v) is 7.30. The Morgan fingerprint density at radius 2 is 1.52 bits per heavy atom. The summed E-state index contributed by atoms with van der Waals surface area (Å²) in [7, 11) is -0.929. The lowest BCUT2D eigenvalue weighted by Crippen LogP contribution is -2.33. The van der Waals surface area contributed by atoms with Crippen molar-refractivity contribution in [3.63, 3.8) is 0 Å². The van der Waals surface area contributed by atoms with E-state index in [0.717, 1.165) is 23.2 Å². The maximum absolute atomic E-state index is 11.6. The zero-order valence-electron chi connectivity index (χ0n) is 16.1. The summed E-state index contributed by atoms with van der Waals surface area (Å²) in [5.41, 5.74) is 4.95. The highest BCUT2D eigenvalue weighted by Crippen LogP contribution is 2.37. The molecule has 1 saturated heterocycles. The second-order valence-electron chi connectivity index (χ2n) is 8.21. The van der Waals surface area contributed by atoms with Crippen LogP contribution < -0.4 is 5.32 Å². The topological polar surface area (TPSA) is 49.4 Å². The quantitative estimate of drug-likeness (QED) is 0.869. The molecule has 2 aliphatic rings. The van der Waals surface area contributed by atoms with Gasteiger partial charge in [0, 0.05) is 17.6 Å². The molecule has 5 heteroatoms. The number of likely N-dealkylation sites (tertiary alicyclic amines) is 1. The van der Waals surface area contributed by atoms with Crippen molar-refractivity contribution in [2.75, 3.05) is 31.7 Å². The molecule has 0 bridgehead atoms. The minimum Gasteiger partial charge on any atom is -0.356 e. The Hall–Kier alpha value is -1.85. The summed E-state index contributed by atoms with van der Waals surface area (Å²) in [6.07, 6.45) is 6.29. The van der Waals surface area contributed by atoms with Gasteiger partial charge in [-0.25, -0.2) is 8.42 Å². The van der Waals surface area contributed by atoms with Crippen LogP contribution in [0.15, 0.2) is 47.4 Å². The highest BCUT2D eigenvalue weighted by atomic mass is 32.2. The van der Waals surface area contributed by atoms with Crippen molar-refractivity contribution in [3.8, 4) is 0 Å². The van der Waals surface area contributed by atoms with Gasteiger partial charge in [0.25, 0.3) is 0 Å². The van der Waals surface area contributed by atoms with E-state index in [4.69, 9.17) is 0 Å². The summed E-state index contributed by atoms with van der Waals surface area (Å²) in [6.45, 7) is 2.46. The minimum absolute atomic E-state index is 0.350. The number of rotatable bonds is 4. The Labute approximate surface area is 162 Å². The molecule has 27 heavy (non-hydrogen) atoms. The molecule has 1 N–H and O–H groups in total. The summed E-state index contributed by atoms with van der Waals surface area (Å²) in [5, 5.41) is 3.41. The van der Waals surface area contributed by atoms with Crippen LogP contribution >= 0.6 is 0 Å². The van der Waals surface area contributed by atoms with Gasteiger partial charge >= 0.3 is 0 Å². The second-order valence-corrected chi connectivity index (χ2v) is 10.2. The van der Waals surface area contributed by atoms with E-state index in [-0.39, 0.29) is 0 Å². The number of piperidine rings is 1. The molecule has 1 unspecified atom stereocenters. The second kappa shape index (κ2) is 7.28. The molecule has 1 aliphatic carbocycles. The van der Waals surface area contributed by atoms with Crippen LogP contribution in [-0.2, 0) is 22.7 Å². The molecular formula is C22H28N2O2S. The number of nitrogens with zero attached hydrogens (tertiary/aromatic N) is 1.